The van der Waals surface area contributed by atoms with Crippen molar-refractivity contribution < 1.29 is 9.53 Å². The summed E-state index contributed by atoms with van der Waals surface area (Å²) in [6.07, 6.45) is 1.93. The third-order valence-electron chi connectivity index (χ3n) is 3.34. The van der Waals surface area contributed by atoms with Crippen molar-refractivity contribution >= 4 is 18.3 Å². The Labute approximate surface area is 126 Å². The van der Waals surface area contributed by atoms with Crippen molar-refractivity contribution in [2.24, 2.45) is 0 Å². The van der Waals surface area contributed by atoms with Gasteiger partial charge in [0.15, 0.2) is 0 Å². The number of amides is 1. The molecule has 0 spiro atoms. The van der Waals surface area contributed by atoms with Crippen molar-refractivity contribution in [3.8, 4) is 5.75 Å². The molecule has 0 saturated carbocycles. The van der Waals surface area contributed by atoms with E-state index in [1.807, 2.05) is 11.0 Å². The van der Waals surface area contributed by atoms with Crippen LogP contribution in [0.15, 0.2) is 18.2 Å². The first-order valence-electron chi connectivity index (χ1n) is 6.91. The minimum atomic E-state index is 0. The molecule has 1 amide bonds. The fourth-order valence-corrected chi connectivity index (χ4v) is 2.31. The lowest BCUT2D eigenvalue weighted by Gasteiger charge is -2.29. The van der Waals surface area contributed by atoms with E-state index in [1.54, 1.807) is 7.05 Å². The van der Waals surface area contributed by atoms with Crippen molar-refractivity contribution in [3.05, 3.63) is 29.3 Å². The van der Waals surface area contributed by atoms with Crippen LogP contribution in [0.4, 0.5) is 0 Å². The highest BCUT2D eigenvalue weighted by Crippen LogP contribution is 2.24. The molecule has 1 aliphatic heterocycles. The van der Waals surface area contributed by atoms with Crippen molar-refractivity contribution in [3.63, 3.8) is 0 Å². The van der Waals surface area contributed by atoms with Gasteiger partial charge >= 0.3 is 0 Å². The van der Waals surface area contributed by atoms with E-state index in [0.717, 1.165) is 31.7 Å². The average molecular weight is 299 g/mol. The molecule has 0 fully saturated rings. The number of rotatable bonds is 5. The Morgan fingerprint density at radius 2 is 2.20 bits per heavy atom. The maximum Gasteiger partial charge on any atom is 0.236 e. The predicted octanol–water partition coefficient (Wildman–Crippen LogP) is 2.00. The van der Waals surface area contributed by atoms with Crippen LogP contribution in [0, 0.1) is 0 Å². The summed E-state index contributed by atoms with van der Waals surface area (Å²) >= 11 is 0. The first-order chi connectivity index (χ1) is 9.24. The molecular formula is C15H23ClN2O2. The zero-order valence-electron chi connectivity index (χ0n) is 12.1. The molecule has 0 aliphatic carbocycles. The van der Waals surface area contributed by atoms with Crippen LogP contribution in [-0.2, 0) is 17.8 Å². The number of hydrogen-bond donors (Lipinski definition) is 1. The van der Waals surface area contributed by atoms with Gasteiger partial charge in [0.05, 0.1) is 13.2 Å². The van der Waals surface area contributed by atoms with Crippen LogP contribution in [0.25, 0.3) is 0 Å². The van der Waals surface area contributed by atoms with Crippen molar-refractivity contribution in [2.45, 2.75) is 26.3 Å². The Balaban J connectivity index is 0.00000200. The number of carbonyl (C=O) groups excluding carboxylic acids is 1. The summed E-state index contributed by atoms with van der Waals surface area (Å²) in [7, 11) is 1.80. The standard InChI is InChI=1S/C15H22N2O2.ClH/c1-3-8-19-14-5-4-13-11-17(15(18)10-16-2)7-6-12(13)9-14;/h4-5,9,16H,3,6-8,10-11H2,1-2H3;1H. The lowest BCUT2D eigenvalue weighted by Crippen LogP contribution is -2.40. The lowest BCUT2D eigenvalue weighted by atomic mass is 9.99. The molecule has 1 heterocycles. The lowest BCUT2D eigenvalue weighted by molar-refractivity contribution is -0.131. The van der Waals surface area contributed by atoms with Gasteiger partial charge in [-0.25, -0.2) is 0 Å². The van der Waals surface area contributed by atoms with Gasteiger partial charge in [0, 0.05) is 13.1 Å². The molecule has 0 bridgehead atoms. The summed E-state index contributed by atoms with van der Waals surface area (Å²) in [4.78, 5) is 13.8. The predicted molar refractivity (Wildman–Crippen MR) is 82.5 cm³/mol. The number of ether oxygens (including phenoxy) is 1. The SMILES string of the molecule is CCCOc1ccc2c(c1)CCN(C(=O)CNC)C2.Cl. The molecule has 5 heteroatoms. The second kappa shape index (κ2) is 8.12. The molecule has 1 N–H and O–H groups in total. The highest BCUT2D eigenvalue weighted by atomic mass is 35.5. The fraction of sp³-hybridized carbons (Fsp3) is 0.533. The fourth-order valence-electron chi connectivity index (χ4n) is 2.31. The molecule has 0 saturated heterocycles. The molecule has 20 heavy (non-hydrogen) atoms. The summed E-state index contributed by atoms with van der Waals surface area (Å²) in [5.74, 6) is 1.11. The van der Waals surface area contributed by atoms with Crippen LogP contribution in [0.3, 0.4) is 0 Å². The minimum Gasteiger partial charge on any atom is -0.494 e. The second-order valence-electron chi connectivity index (χ2n) is 4.87. The first-order valence-corrected chi connectivity index (χ1v) is 6.91. The van der Waals surface area contributed by atoms with E-state index < -0.39 is 0 Å². The molecule has 2 rings (SSSR count). The topological polar surface area (TPSA) is 41.6 Å². The highest BCUT2D eigenvalue weighted by Gasteiger charge is 2.20. The number of nitrogens with zero attached hydrogens (tertiary/aromatic N) is 1. The Morgan fingerprint density at radius 3 is 2.90 bits per heavy atom. The smallest absolute Gasteiger partial charge is 0.236 e. The summed E-state index contributed by atoms with van der Waals surface area (Å²) in [6, 6.07) is 6.20. The quantitative estimate of drug-likeness (QED) is 0.904. The number of benzene rings is 1. The number of hydrogen-bond acceptors (Lipinski definition) is 3. The van der Waals surface area contributed by atoms with Crippen LogP contribution >= 0.6 is 12.4 Å². The van der Waals surface area contributed by atoms with Gasteiger partial charge in [0.2, 0.25) is 5.91 Å². The van der Waals surface area contributed by atoms with Crippen molar-refractivity contribution in [2.75, 3.05) is 26.7 Å². The molecule has 1 aromatic carbocycles. The first kappa shape index (κ1) is 16.8. The van der Waals surface area contributed by atoms with Gasteiger partial charge in [0.1, 0.15) is 5.75 Å². The maximum atomic E-state index is 11.9. The van der Waals surface area contributed by atoms with E-state index >= 15 is 0 Å². The van der Waals surface area contributed by atoms with E-state index in [0.29, 0.717) is 13.1 Å². The van der Waals surface area contributed by atoms with Gasteiger partial charge < -0.3 is 15.0 Å². The molecule has 1 aliphatic rings. The summed E-state index contributed by atoms with van der Waals surface area (Å²) < 4.78 is 5.64. The van der Waals surface area contributed by atoms with E-state index in [1.165, 1.54) is 11.1 Å². The molecule has 1 aromatic rings. The number of likely N-dealkylation sites (N-methyl/N-ethyl adjacent to an activating group) is 1. The summed E-state index contributed by atoms with van der Waals surface area (Å²) in [5.41, 5.74) is 2.54. The van der Waals surface area contributed by atoms with E-state index in [2.05, 4.69) is 24.4 Å². The number of carbonyl (C=O) groups is 1. The van der Waals surface area contributed by atoms with Gasteiger partial charge in [-0.05, 0) is 43.1 Å². The molecular weight excluding hydrogens is 276 g/mol. The van der Waals surface area contributed by atoms with E-state index in [9.17, 15) is 4.79 Å². The summed E-state index contributed by atoms with van der Waals surface area (Å²) in [6.45, 7) is 4.77. The van der Waals surface area contributed by atoms with Crippen LogP contribution in [-0.4, -0.2) is 37.6 Å². The monoisotopic (exact) mass is 298 g/mol. The molecule has 0 unspecified atom stereocenters. The second-order valence-corrected chi connectivity index (χ2v) is 4.87. The number of halogens is 1. The Bertz CT molecular complexity index is 451. The van der Waals surface area contributed by atoms with Crippen LogP contribution in [0.5, 0.6) is 5.75 Å². The van der Waals surface area contributed by atoms with Gasteiger partial charge in [-0.1, -0.05) is 13.0 Å². The third-order valence-corrected chi connectivity index (χ3v) is 3.34. The highest BCUT2D eigenvalue weighted by molar-refractivity contribution is 5.85. The zero-order chi connectivity index (χ0) is 13.7. The normalized spacial score (nSPS) is 13.4. The minimum absolute atomic E-state index is 0. The van der Waals surface area contributed by atoms with E-state index in [4.69, 9.17) is 4.74 Å². The molecule has 4 nitrogen and oxygen atoms in total. The molecule has 112 valence electrons. The molecule has 0 aromatic heterocycles. The molecule has 0 radical (unpaired) electrons. The largest absolute Gasteiger partial charge is 0.494 e. The third kappa shape index (κ3) is 4.12. The summed E-state index contributed by atoms with van der Waals surface area (Å²) in [5, 5.41) is 2.91. The van der Waals surface area contributed by atoms with Gasteiger partial charge in [-0.3, -0.25) is 4.79 Å². The van der Waals surface area contributed by atoms with Gasteiger partial charge in [-0.2, -0.15) is 0 Å². The van der Waals surface area contributed by atoms with Crippen LogP contribution in [0.1, 0.15) is 24.5 Å². The van der Waals surface area contributed by atoms with Crippen molar-refractivity contribution in [1.82, 2.24) is 10.2 Å². The average Bonchev–Trinajstić information content (AvgIpc) is 2.44. The molecule has 0 atom stereocenters. The Kier molecular flexibility index (Phi) is 6.82. The maximum absolute atomic E-state index is 11.9. The Hall–Kier alpha value is -1.26. The van der Waals surface area contributed by atoms with Crippen molar-refractivity contribution in [1.29, 1.82) is 0 Å². The van der Waals surface area contributed by atoms with E-state index in [-0.39, 0.29) is 18.3 Å². The van der Waals surface area contributed by atoms with Crippen LogP contribution in [0.2, 0.25) is 0 Å². The Morgan fingerprint density at radius 1 is 1.40 bits per heavy atom. The van der Waals surface area contributed by atoms with Crippen LogP contribution < -0.4 is 10.1 Å². The van der Waals surface area contributed by atoms with Gasteiger partial charge in [-0.15, -0.1) is 12.4 Å². The zero-order valence-corrected chi connectivity index (χ0v) is 13.0. The number of nitrogens with one attached hydrogen (secondary N) is 1. The number of fused-ring (bicyclic) bond motifs is 1. The van der Waals surface area contributed by atoms with Gasteiger partial charge in [0.25, 0.3) is 0 Å².